The van der Waals surface area contributed by atoms with E-state index in [9.17, 15) is 14.7 Å². The number of amides is 1. The quantitative estimate of drug-likeness (QED) is 0.264. The summed E-state index contributed by atoms with van der Waals surface area (Å²) in [5.74, 6) is 1.83. The Labute approximate surface area is 253 Å². The molecule has 0 bridgehead atoms. The highest BCUT2D eigenvalue weighted by Gasteiger charge is 2.28. The van der Waals surface area contributed by atoms with Crippen LogP contribution in [0.25, 0.3) is 11.0 Å². The lowest BCUT2D eigenvalue weighted by Crippen LogP contribution is -2.48. The fourth-order valence-corrected chi connectivity index (χ4v) is 5.99. The van der Waals surface area contributed by atoms with Crippen molar-refractivity contribution >= 4 is 34.5 Å². The molecule has 224 valence electrons. The number of carboxylic acids is 1. The summed E-state index contributed by atoms with van der Waals surface area (Å²) in [6.07, 6.45) is 3.50. The number of fused-ring (bicyclic) bond motifs is 1. The fourth-order valence-electron chi connectivity index (χ4n) is 5.75. The van der Waals surface area contributed by atoms with E-state index in [2.05, 4.69) is 15.5 Å². The van der Waals surface area contributed by atoms with Gasteiger partial charge in [-0.05, 0) is 73.2 Å². The number of aromatic carboxylic acids is 1. The number of rotatable bonds is 10. The zero-order valence-electron chi connectivity index (χ0n) is 23.7. The second kappa shape index (κ2) is 11.7. The molecule has 3 fully saturated rings. The Balaban J connectivity index is 0.959. The average molecular weight is 605 g/mol. The zero-order valence-corrected chi connectivity index (χ0v) is 24.5. The van der Waals surface area contributed by atoms with Gasteiger partial charge in [0.05, 0.1) is 40.8 Å². The molecule has 43 heavy (non-hydrogen) atoms. The molecule has 0 spiro atoms. The van der Waals surface area contributed by atoms with Gasteiger partial charge in [0.2, 0.25) is 0 Å². The van der Waals surface area contributed by atoms with Crippen LogP contribution in [0.2, 0.25) is 5.02 Å². The highest BCUT2D eigenvalue weighted by atomic mass is 35.5. The lowest BCUT2D eigenvalue weighted by atomic mass is 10.1. The van der Waals surface area contributed by atoms with Gasteiger partial charge in [0.15, 0.2) is 5.76 Å². The molecular formula is C32H33ClN4O6. The van der Waals surface area contributed by atoms with Crippen LogP contribution in [0.1, 0.15) is 63.2 Å². The molecule has 1 amide bonds. The maximum atomic E-state index is 13.2. The van der Waals surface area contributed by atoms with Crippen LogP contribution in [0.3, 0.4) is 0 Å². The van der Waals surface area contributed by atoms with Crippen molar-refractivity contribution in [2.45, 2.75) is 51.0 Å². The number of hydrogen-bond donors (Lipinski definition) is 1. The number of imidazole rings is 1. The first-order valence-corrected chi connectivity index (χ1v) is 15.2. The van der Waals surface area contributed by atoms with Crippen molar-refractivity contribution in [3.63, 3.8) is 0 Å². The minimum absolute atomic E-state index is 0.104. The van der Waals surface area contributed by atoms with E-state index in [4.69, 9.17) is 30.5 Å². The molecule has 2 aromatic heterocycles. The number of carbonyl (C=O) groups is 2. The lowest BCUT2D eigenvalue weighted by Gasteiger charge is -2.34. The summed E-state index contributed by atoms with van der Waals surface area (Å²) in [5, 5.41) is 10.1. The van der Waals surface area contributed by atoms with E-state index in [1.165, 1.54) is 18.4 Å². The number of benzene rings is 2. The van der Waals surface area contributed by atoms with E-state index in [-0.39, 0.29) is 24.2 Å². The van der Waals surface area contributed by atoms with Crippen LogP contribution in [-0.2, 0) is 24.4 Å². The largest absolute Gasteiger partial charge is 0.484 e. The van der Waals surface area contributed by atoms with Gasteiger partial charge in [-0.3, -0.25) is 9.69 Å². The highest BCUT2D eigenvalue weighted by Crippen LogP contribution is 2.42. The van der Waals surface area contributed by atoms with Crippen molar-refractivity contribution in [1.82, 2.24) is 19.4 Å². The standard InChI is InChI=1S/C32H33ClN4O6/c33-25-15-21(20-1-2-20)4-7-28(25)42-19-24-5-8-29(43-24)31(38)36-12-10-35(11-13-36)18-30-34-26-6-3-22(32(39)40)16-27(26)37(30)17-23-9-14-41-23/h3-8,15-16,20,23H,1-2,9-14,17-19H2,(H,39,40)/t23-/m0/s1. The van der Waals surface area contributed by atoms with Gasteiger partial charge in [-0.15, -0.1) is 0 Å². The van der Waals surface area contributed by atoms with Crippen LogP contribution in [0.4, 0.5) is 0 Å². The predicted molar refractivity (Wildman–Crippen MR) is 159 cm³/mol. The molecule has 0 unspecified atom stereocenters. The summed E-state index contributed by atoms with van der Waals surface area (Å²) in [7, 11) is 0. The first-order valence-electron chi connectivity index (χ1n) is 14.8. The van der Waals surface area contributed by atoms with Crippen molar-refractivity contribution < 1.29 is 28.6 Å². The van der Waals surface area contributed by atoms with Crippen molar-refractivity contribution in [3.05, 3.63) is 82.0 Å². The number of nitrogens with zero attached hydrogens (tertiary/aromatic N) is 4. The molecule has 11 heteroatoms. The van der Waals surface area contributed by atoms with E-state index >= 15 is 0 Å². The number of aromatic nitrogens is 2. The minimum Gasteiger partial charge on any atom is -0.484 e. The molecule has 1 saturated carbocycles. The smallest absolute Gasteiger partial charge is 0.335 e. The second-order valence-corrected chi connectivity index (χ2v) is 11.9. The van der Waals surface area contributed by atoms with Crippen LogP contribution in [0.15, 0.2) is 52.9 Å². The van der Waals surface area contributed by atoms with Crippen LogP contribution >= 0.6 is 11.6 Å². The summed E-state index contributed by atoms with van der Waals surface area (Å²) in [5.41, 5.74) is 3.05. The lowest BCUT2D eigenvalue weighted by molar-refractivity contribution is -0.0592. The number of furan rings is 1. The van der Waals surface area contributed by atoms with Crippen LogP contribution in [-0.4, -0.2) is 75.2 Å². The van der Waals surface area contributed by atoms with Crippen molar-refractivity contribution in [2.75, 3.05) is 32.8 Å². The van der Waals surface area contributed by atoms with E-state index < -0.39 is 5.97 Å². The highest BCUT2D eigenvalue weighted by molar-refractivity contribution is 6.32. The molecule has 4 aromatic rings. The summed E-state index contributed by atoms with van der Waals surface area (Å²) < 4.78 is 19.5. The third-order valence-electron chi connectivity index (χ3n) is 8.53. The van der Waals surface area contributed by atoms with Crippen molar-refractivity contribution in [2.24, 2.45) is 0 Å². The monoisotopic (exact) mass is 604 g/mol. The number of hydrogen-bond acceptors (Lipinski definition) is 7. The first-order chi connectivity index (χ1) is 20.9. The Morgan fingerprint density at radius 2 is 1.84 bits per heavy atom. The summed E-state index contributed by atoms with van der Waals surface area (Å²) in [4.78, 5) is 33.7. The average Bonchev–Trinajstić information content (AvgIpc) is 3.63. The van der Waals surface area contributed by atoms with E-state index in [0.717, 1.165) is 29.9 Å². The van der Waals surface area contributed by atoms with Gasteiger partial charge in [-0.25, -0.2) is 9.78 Å². The maximum absolute atomic E-state index is 13.2. The second-order valence-electron chi connectivity index (χ2n) is 11.5. The van der Waals surface area contributed by atoms with Crippen molar-refractivity contribution in [3.8, 4) is 5.75 Å². The van der Waals surface area contributed by atoms with E-state index in [1.807, 2.05) is 12.1 Å². The minimum atomic E-state index is -0.962. The molecule has 1 N–H and O–H groups in total. The maximum Gasteiger partial charge on any atom is 0.335 e. The Morgan fingerprint density at radius 3 is 2.53 bits per heavy atom. The molecule has 10 nitrogen and oxygen atoms in total. The Hall–Kier alpha value is -3.86. The van der Waals surface area contributed by atoms with Gasteiger partial charge >= 0.3 is 5.97 Å². The number of carboxylic acid groups (broad SMARTS) is 1. The summed E-state index contributed by atoms with van der Waals surface area (Å²) in [6, 6.07) is 14.4. The third kappa shape index (κ3) is 6.00. The molecule has 3 aliphatic rings. The van der Waals surface area contributed by atoms with E-state index in [0.29, 0.717) is 67.5 Å². The predicted octanol–water partition coefficient (Wildman–Crippen LogP) is 5.18. The van der Waals surface area contributed by atoms with Gasteiger partial charge in [0.25, 0.3) is 5.91 Å². The molecular weight excluding hydrogens is 572 g/mol. The molecule has 7 rings (SSSR count). The van der Waals surface area contributed by atoms with Crippen LogP contribution in [0.5, 0.6) is 5.75 Å². The fraction of sp³-hybridized carbons (Fsp3) is 0.406. The van der Waals surface area contributed by atoms with Crippen molar-refractivity contribution in [1.29, 1.82) is 0 Å². The van der Waals surface area contributed by atoms with Gasteiger partial charge in [-0.1, -0.05) is 17.7 Å². The Kier molecular flexibility index (Phi) is 7.58. The van der Waals surface area contributed by atoms with E-state index in [1.54, 1.807) is 35.2 Å². The number of halogens is 1. The number of carbonyl (C=O) groups excluding carboxylic acids is 1. The Morgan fingerprint density at radius 1 is 1.02 bits per heavy atom. The van der Waals surface area contributed by atoms with Crippen LogP contribution < -0.4 is 4.74 Å². The molecule has 2 aliphatic heterocycles. The normalized spacial score (nSPS) is 19.0. The first kappa shape index (κ1) is 27.9. The summed E-state index contributed by atoms with van der Waals surface area (Å²) in [6.45, 7) is 4.64. The molecule has 2 saturated heterocycles. The van der Waals surface area contributed by atoms with Gasteiger partial charge in [0, 0.05) is 32.8 Å². The molecule has 1 aliphatic carbocycles. The third-order valence-corrected chi connectivity index (χ3v) is 8.82. The summed E-state index contributed by atoms with van der Waals surface area (Å²) >= 11 is 6.41. The zero-order chi connectivity index (χ0) is 29.5. The Bertz CT molecular complexity index is 1670. The number of piperazine rings is 1. The molecule has 0 radical (unpaired) electrons. The van der Waals surface area contributed by atoms with Crippen LogP contribution in [0, 0.1) is 0 Å². The molecule has 4 heterocycles. The van der Waals surface area contributed by atoms with Gasteiger partial charge in [0.1, 0.15) is 23.9 Å². The SMILES string of the molecule is O=C(O)c1ccc2nc(CN3CCN(C(=O)c4ccc(COc5ccc(C6CC6)cc5Cl)o4)CC3)n(C[C@@H]3CCO3)c2c1. The number of ether oxygens (including phenoxy) is 2. The molecule has 1 atom stereocenters. The molecule has 2 aromatic carbocycles. The topological polar surface area (TPSA) is 110 Å². The van der Waals surface area contributed by atoms with Gasteiger partial charge in [-0.2, -0.15) is 0 Å². The van der Waals surface area contributed by atoms with Gasteiger partial charge < -0.3 is 28.5 Å².